The third-order valence-corrected chi connectivity index (χ3v) is 4.21. The molecular formula is C15H27N3O. The van der Waals surface area contributed by atoms with Gasteiger partial charge in [-0.25, -0.2) is 0 Å². The van der Waals surface area contributed by atoms with Gasteiger partial charge in [-0.1, -0.05) is 6.92 Å². The van der Waals surface area contributed by atoms with Crippen LogP contribution in [0.3, 0.4) is 0 Å². The van der Waals surface area contributed by atoms with Crippen molar-refractivity contribution in [3.63, 3.8) is 0 Å². The summed E-state index contributed by atoms with van der Waals surface area (Å²) in [7, 11) is 4.31. The number of aryl methyl sites for hydroxylation is 1. The van der Waals surface area contributed by atoms with Gasteiger partial charge in [0.05, 0.1) is 6.04 Å². The van der Waals surface area contributed by atoms with Gasteiger partial charge in [0.1, 0.15) is 11.5 Å². The molecule has 2 heterocycles. The van der Waals surface area contributed by atoms with Crippen LogP contribution in [0.15, 0.2) is 16.5 Å². The molecule has 0 saturated carbocycles. The second kappa shape index (κ2) is 5.65. The van der Waals surface area contributed by atoms with Crippen molar-refractivity contribution in [2.75, 3.05) is 27.2 Å². The van der Waals surface area contributed by atoms with Gasteiger partial charge in [-0.15, -0.1) is 0 Å². The van der Waals surface area contributed by atoms with Crippen molar-refractivity contribution >= 4 is 0 Å². The Balaban J connectivity index is 2.18. The molecule has 4 atom stereocenters. The number of furan rings is 1. The molecule has 1 saturated heterocycles. The van der Waals surface area contributed by atoms with Gasteiger partial charge >= 0.3 is 0 Å². The van der Waals surface area contributed by atoms with Crippen molar-refractivity contribution in [3.8, 4) is 0 Å². The van der Waals surface area contributed by atoms with Gasteiger partial charge < -0.3 is 15.1 Å². The van der Waals surface area contributed by atoms with E-state index in [9.17, 15) is 0 Å². The molecule has 0 aliphatic carbocycles. The van der Waals surface area contributed by atoms with E-state index in [4.69, 9.17) is 10.2 Å². The summed E-state index contributed by atoms with van der Waals surface area (Å²) < 4.78 is 5.82. The molecule has 1 aromatic heterocycles. The maximum atomic E-state index is 6.21. The molecule has 0 bridgehead atoms. The largest absolute Gasteiger partial charge is 0.465 e. The Morgan fingerprint density at radius 1 is 1.37 bits per heavy atom. The third-order valence-electron chi connectivity index (χ3n) is 4.21. The first-order chi connectivity index (χ1) is 8.90. The lowest BCUT2D eigenvalue weighted by molar-refractivity contribution is 0.174. The van der Waals surface area contributed by atoms with E-state index < -0.39 is 0 Å². The first kappa shape index (κ1) is 14.6. The highest BCUT2D eigenvalue weighted by molar-refractivity contribution is 5.13. The van der Waals surface area contributed by atoms with Crippen molar-refractivity contribution in [1.82, 2.24) is 9.80 Å². The van der Waals surface area contributed by atoms with Crippen LogP contribution >= 0.6 is 0 Å². The highest BCUT2D eigenvalue weighted by Crippen LogP contribution is 2.31. The number of rotatable bonds is 4. The standard InChI is InChI=1S/C15H27N3O/c1-10-8-18(9-13(10)17(4)5)15(12(3)16)14-7-6-11(2)19-14/h6-7,10,12-13,15H,8-9,16H2,1-5H3. The Morgan fingerprint density at radius 3 is 2.47 bits per heavy atom. The number of nitrogens with zero attached hydrogens (tertiary/aromatic N) is 2. The van der Waals surface area contributed by atoms with E-state index in [1.807, 2.05) is 13.0 Å². The lowest BCUT2D eigenvalue weighted by atomic mass is 10.1. The molecule has 1 aromatic rings. The monoisotopic (exact) mass is 265 g/mol. The first-order valence-corrected chi connectivity index (χ1v) is 7.12. The van der Waals surface area contributed by atoms with E-state index in [-0.39, 0.29) is 12.1 Å². The second-order valence-corrected chi connectivity index (χ2v) is 6.21. The maximum absolute atomic E-state index is 6.21. The maximum Gasteiger partial charge on any atom is 0.122 e. The minimum Gasteiger partial charge on any atom is -0.465 e. The Labute approximate surface area is 116 Å². The van der Waals surface area contributed by atoms with Crippen LogP contribution in [-0.4, -0.2) is 49.1 Å². The average molecular weight is 265 g/mol. The summed E-state index contributed by atoms with van der Waals surface area (Å²) in [6.07, 6.45) is 0. The fraction of sp³-hybridized carbons (Fsp3) is 0.733. The normalized spacial score (nSPS) is 27.9. The van der Waals surface area contributed by atoms with Crippen molar-refractivity contribution in [1.29, 1.82) is 0 Å². The van der Waals surface area contributed by atoms with E-state index in [0.29, 0.717) is 12.0 Å². The molecular weight excluding hydrogens is 238 g/mol. The van der Waals surface area contributed by atoms with Gasteiger partial charge in [0, 0.05) is 25.2 Å². The van der Waals surface area contributed by atoms with E-state index in [2.05, 4.69) is 43.8 Å². The predicted molar refractivity (Wildman–Crippen MR) is 78.0 cm³/mol. The summed E-state index contributed by atoms with van der Waals surface area (Å²) in [6.45, 7) is 8.50. The number of likely N-dealkylation sites (tertiary alicyclic amines) is 1. The molecule has 4 heteroatoms. The Hall–Kier alpha value is -0.840. The second-order valence-electron chi connectivity index (χ2n) is 6.21. The summed E-state index contributed by atoms with van der Waals surface area (Å²) in [5.74, 6) is 2.61. The molecule has 19 heavy (non-hydrogen) atoms. The molecule has 1 fully saturated rings. The third kappa shape index (κ3) is 3.02. The molecule has 0 amide bonds. The van der Waals surface area contributed by atoms with Crippen LogP contribution < -0.4 is 5.73 Å². The van der Waals surface area contributed by atoms with Gasteiger partial charge in [0.2, 0.25) is 0 Å². The van der Waals surface area contributed by atoms with Crippen molar-refractivity contribution < 1.29 is 4.42 Å². The van der Waals surface area contributed by atoms with Gasteiger partial charge in [-0.3, -0.25) is 4.90 Å². The number of hydrogen-bond acceptors (Lipinski definition) is 4. The van der Waals surface area contributed by atoms with Crippen LogP contribution in [0.4, 0.5) is 0 Å². The molecule has 108 valence electrons. The van der Waals surface area contributed by atoms with Crippen LogP contribution in [0.5, 0.6) is 0 Å². The van der Waals surface area contributed by atoms with Crippen molar-refractivity contribution in [3.05, 3.63) is 23.7 Å². The Kier molecular flexibility index (Phi) is 4.33. The minimum absolute atomic E-state index is 0.0682. The highest BCUT2D eigenvalue weighted by atomic mass is 16.3. The summed E-state index contributed by atoms with van der Waals surface area (Å²) >= 11 is 0. The fourth-order valence-electron chi connectivity index (χ4n) is 3.27. The van der Waals surface area contributed by atoms with Crippen molar-refractivity contribution in [2.45, 2.75) is 38.9 Å². The highest BCUT2D eigenvalue weighted by Gasteiger charge is 2.37. The lowest BCUT2D eigenvalue weighted by Gasteiger charge is -2.30. The van der Waals surface area contributed by atoms with Gasteiger partial charge in [-0.05, 0) is 46.0 Å². The smallest absolute Gasteiger partial charge is 0.122 e. The summed E-state index contributed by atoms with van der Waals surface area (Å²) in [5, 5.41) is 0. The molecule has 0 radical (unpaired) electrons. The van der Waals surface area contributed by atoms with Crippen molar-refractivity contribution in [2.24, 2.45) is 11.7 Å². The van der Waals surface area contributed by atoms with Crippen LogP contribution in [0, 0.1) is 12.8 Å². The molecule has 0 spiro atoms. The minimum atomic E-state index is 0.0682. The van der Waals surface area contributed by atoms with Gasteiger partial charge in [0.25, 0.3) is 0 Å². The summed E-state index contributed by atoms with van der Waals surface area (Å²) in [5.41, 5.74) is 6.21. The van der Waals surface area contributed by atoms with E-state index in [1.54, 1.807) is 0 Å². The van der Waals surface area contributed by atoms with Gasteiger partial charge in [-0.2, -0.15) is 0 Å². The molecule has 4 nitrogen and oxygen atoms in total. The summed E-state index contributed by atoms with van der Waals surface area (Å²) in [4.78, 5) is 4.79. The number of likely N-dealkylation sites (N-methyl/N-ethyl adjacent to an activating group) is 1. The van der Waals surface area contributed by atoms with E-state index in [1.165, 1.54) is 0 Å². The van der Waals surface area contributed by atoms with Crippen LogP contribution in [0.1, 0.15) is 31.4 Å². The Bertz CT molecular complexity index is 413. The molecule has 0 aromatic carbocycles. The van der Waals surface area contributed by atoms with Gasteiger partial charge in [0.15, 0.2) is 0 Å². The first-order valence-electron chi connectivity index (χ1n) is 7.12. The molecule has 1 aliphatic heterocycles. The Morgan fingerprint density at radius 2 is 2.05 bits per heavy atom. The SMILES string of the molecule is Cc1ccc(C(C(C)N)N2CC(C)C(N(C)C)C2)o1. The zero-order valence-electron chi connectivity index (χ0n) is 12.8. The summed E-state index contributed by atoms with van der Waals surface area (Å²) in [6, 6.07) is 4.93. The predicted octanol–water partition coefficient (Wildman–Crippen LogP) is 1.86. The fourth-order valence-corrected chi connectivity index (χ4v) is 3.27. The van der Waals surface area contributed by atoms with Crippen LogP contribution in [0.25, 0.3) is 0 Å². The zero-order valence-corrected chi connectivity index (χ0v) is 12.8. The van der Waals surface area contributed by atoms with E-state index >= 15 is 0 Å². The molecule has 1 aliphatic rings. The quantitative estimate of drug-likeness (QED) is 0.902. The molecule has 2 rings (SSSR count). The topological polar surface area (TPSA) is 45.6 Å². The molecule has 2 N–H and O–H groups in total. The van der Waals surface area contributed by atoms with Crippen LogP contribution in [-0.2, 0) is 0 Å². The molecule has 4 unspecified atom stereocenters. The number of hydrogen-bond donors (Lipinski definition) is 1. The number of nitrogens with two attached hydrogens (primary N) is 1. The lowest BCUT2D eigenvalue weighted by Crippen LogP contribution is -2.40. The van der Waals surface area contributed by atoms with Crippen LogP contribution in [0.2, 0.25) is 0 Å². The average Bonchev–Trinajstić information content (AvgIpc) is 2.86. The van der Waals surface area contributed by atoms with E-state index in [0.717, 1.165) is 24.6 Å². The zero-order chi connectivity index (χ0) is 14.2.